The Labute approximate surface area is 170 Å². The van der Waals surface area contributed by atoms with E-state index in [4.69, 9.17) is 9.47 Å². The summed E-state index contributed by atoms with van der Waals surface area (Å²) in [6.07, 6.45) is 0.541. The Bertz CT molecular complexity index is 904. The average Bonchev–Trinajstić information content (AvgIpc) is 3.07. The van der Waals surface area contributed by atoms with Gasteiger partial charge < -0.3 is 24.7 Å². The van der Waals surface area contributed by atoms with Crippen LogP contribution in [-0.2, 0) is 16.0 Å². The first-order valence-electron chi connectivity index (χ1n) is 9.39. The number of benzene rings is 1. The monoisotopic (exact) mass is 401 g/mol. The number of amides is 2. The van der Waals surface area contributed by atoms with Crippen molar-refractivity contribution in [3.63, 3.8) is 0 Å². The van der Waals surface area contributed by atoms with E-state index < -0.39 is 5.97 Å². The minimum absolute atomic E-state index is 0.138. The van der Waals surface area contributed by atoms with Crippen molar-refractivity contribution in [2.24, 2.45) is 0 Å². The second kappa shape index (κ2) is 9.77. The summed E-state index contributed by atoms with van der Waals surface area (Å²) in [5.74, 6) is -0.666. The van der Waals surface area contributed by atoms with Crippen LogP contribution in [0.4, 0.5) is 5.69 Å². The highest BCUT2D eigenvalue weighted by Crippen LogP contribution is 2.24. The molecule has 0 aliphatic carbocycles. The van der Waals surface area contributed by atoms with Crippen molar-refractivity contribution < 1.29 is 23.9 Å². The van der Waals surface area contributed by atoms with E-state index in [1.54, 1.807) is 38.1 Å². The summed E-state index contributed by atoms with van der Waals surface area (Å²) in [7, 11) is 2.82. The number of para-hydroxylation sites is 2. The van der Waals surface area contributed by atoms with Crippen LogP contribution in [0.3, 0.4) is 0 Å². The average molecular weight is 401 g/mol. The number of likely N-dealkylation sites (N-methyl/N-ethyl adjacent to an activating group) is 1. The second-order valence-electron chi connectivity index (χ2n) is 6.39. The lowest BCUT2D eigenvalue weighted by Crippen LogP contribution is -2.38. The van der Waals surface area contributed by atoms with Crippen molar-refractivity contribution in [2.75, 3.05) is 32.6 Å². The van der Waals surface area contributed by atoms with Crippen LogP contribution in [0.5, 0.6) is 5.75 Å². The number of aromatic nitrogens is 1. The quantitative estimate of drug-likeness (QED) is 0.663. The molecule has 0 atom stereocenters. The molecule has 0 aliphatic rings. The number of methoxy groups -OCH3 is 2. The molecule has 0 fully saturated rings. The Balaban J connectivity index is 2.21. The summed E-state index contributed by atoms with van der Waals surface area (Å²) in [4.78, 5) is 42.1. The Morgan fingerprint density at radius 3 is 2.41 bits per heavy atom. The molecule has 29 heavy (non-hydrogen) atoms. The number of anilines is 1. The molecule has 8 heteroatoms. The highest BCUT2D eigenvalue weighted by atomic mass is 16.5. The second-order valence-corrected chi connectivity index (χ2v) is 6.39. The lowest BCUT2D eigenvalue weighted by Gasteiger charge is -2.20. The zero-order chi connectivity index (χ0) is 21.6. The lowest BCUT2D eigenvalue weighted by molar-refractivity contribution is -0.116. The summed E-state index contributed by atoms with van der Waals surface area (Å²) in [6.45, 7) is 5.54. The van der Waals surface area contributed by atoms with Gasteiger partial charge >= 0.3 is 5.97 Å². The molecule has 2 N–H and O–H groups in total. The lowest BCUT2D eigenvalue weighted by atomic mass is 10.1. The number of nitrogens with zero attached hydrogens (tertiary/aromatic N) is 1. The normalized spacial score (nSPS) is 10.4. The number of nitrogens with one attached hydrogen (secondary N) is 2. The fourth-order valence-electron chi connectivity index (χ4n) is 3.11. The number of carbonyl (C=O) groups excluding carboxylic acids is 3. The van der Waals surface area contributed by atoms with E-state index >= 15 is 0 Å². The molecule has 0 spiro atoms. The molecule has 2 aromatic rings. The molecule has 0 aliphatic heterocycles. The molecule has 0 bridgehead atoms. The molecule has 0 unspecified atom stereocenters. The topological polar surface area (TPSA) is 101 Å². The van der Waals surface area contributed by atoms with Crippen molar-refractivity contribution >= 4 is 23.5 Å². The van der Waals surface area contributed by atoms with Gasteiger partial charge in [-0.3, -0.25) is 9.59 Å². The molecule has 0 radical (unpaired) electrons. The zero-order valence-corrected chi connectivity index (χ0v) is 17.4. The number of aromatic amines is 1. The van der Waals surface area contributed by atoms with Crippen molar-refractivity contribution in [3.8, 4) is 5.75 Å². The number of hydrogen-bond acceptors (Lipinski definition) is 5. The summed E-state index contributed by atoms with van der Waals surface area (Å²) < 4.78 is 10.1. The van der Waals surface area contributed by atoms with Crippen LogP contribution in [-0.4, -0.2) is 55.0 Å². The summed E-state index contributed by atoms with van der Waals surface area (Å²) in [5.41, 5.74) is 2.33. The maximum Gasteiger partial charge on any atom is 0.339 e. The van der Waals surface area contributed by atoms with Crippen LogP contribution < -0.4 is 10.1 Å². The summed E-state index contributed by atoms with van der Waals surface area (Å²) in [5, 5.41) is 2.76. The third kappa shape index (κ3) is 4.77. The van der Waals surface area contributed by atoms with Gasteiger partial charge in [0.2, 0.25) is 5.91 Å². The molecule has 1 heterocycles. The number of ether oxygens (including phenoxy) is 2. The minimum atomic E-state index is -0.494. The van der Waals surface area contributed by atoms with Crippen LogP contribution in [0, 0.1) is 6.92 Å². The first kappa shape index (κ1) is 22.0. The van der Waals surface area contributed by atoms with E-state index in [1.165, 1.54) is 19.1 Å². The van der Waals surface area contributed by atoms with Crippen molar-refractivity contribution in [3.05, 3.63) is 46.8 Å². The molecule has 2 amide bonds. The number of hydrogen-bond donors (Lipinski definition) is 2. The largest absolute Gasteiger partial charge is 0.495 e. The number of aryl methyl sites for hydroxylation is 1. The van der Waals surface area contributed by atoms with Gasteiger partial charge in [-0.2, -0.15) is 0 Å². The SMILES string of the molecule is CCc1[nH]c(C(=O)N(CC)CC(=O)Nc2ccccc2OC)c(C)c1C(=O)OC. The third-order valence-corrected chi connectivity index (χ3v) is 4.67. The molecule has 1 aromatic heterocycles. The van der Waals surface area contributed by atoms with E-state index in [9.17, 15) is 14.4 Å². The Kier molecular flexibility index (Phi) is 7.41. The fourth-order valence-corrected chi connectivity index (χ4v) is 3.11. The standard InChI is InChI=1S/C21H27N3O5/c1-6-14-18(21(27)29-5)13(3)19(23-14)20(26)24(7-2)12-17(25)22-15-10-8-9-11-16(15)28-4/h8-11,23H,6-7,12H2,1-5H3,(H,22,25). The van der Waals surface area contributed by atoms with E-state index in [0.717, 1.165) is 0 Å². The minimum Gasteiger partial charge on any atom is -0.495 e. The van der Waals surface area contributed by atoms with Gasteiger partial charge in [0.25, 0.3) is 5.91 Å². The van der Waals surface area contributed by atoms with Crippen LogP contribution in [0.2, 0.25) is 0 Å². The van der Waals surface area contributed by atoms with Gasteiger partial charge in [-0.15, -0.1) is 0 Å². The van der Waals surface area contributed by atoms with Crippen LogP contribution in [0.25, 0.3) is 0 Å². The Hall–Kier alpha value is -3.29. The van der Waals surface area contributed by atoms with E-state index in [0.29, 0.717) is 41.2 Å². The first-order valence-corrected chi connectivity index (χ1v) is 9.39. The highest BCUT2D eigenvalue weighted by Gasteiger charge is 2.27. The number of rotatable bonds is 8. The van der Waals surface area contributed by atoms with Crippen molar-refractivity contribution in [1.82, 2.24) is 9.88 Å². The van der Waals surface area contributed by atoms with Gasteiger partial charge in [-0.05, 0) is 38.0 Å². The Morgan fingerprint density at radius 1 is 1.14 bits per heavy atom. The molecule has 156 valence electrons. The van der Waals surface area contributed by atoms with Crippen molar-refractivity contribution in [1.29, 1.82) is 0 Å². The third-order valence-electron chi connectivity index (χ3n) is 4.67. The predicted octanol–water partition coefficient (Wildman–Crippen LogP) is 2.78. The molecular formula is C21H27N3O5. The van der Waals surface area contributed by atoms with Crippen LogP contribution in [0.15, 0.2) is 24.3 Å². The van der Waals surface area contributed by atoms with Crippen LogP contribution in [0.1, 0.15) is 46.0 Å². The molecule has 0 saturated heterocycles. The van der Waals surface area contributed by atoms with Gasteiger partial charge in [0, 0.05) is 12.2 Å². The molecule has 1 aromatic carbocycles. The Morgan fingerprint density at radius 2 is 1.83 bits per heavy atom. The van der Waals surface area contributed by atoms with Gasteiger partial charge in [0.15, 0.2) is 0 Å². The number of H-pyrrole nitrogens is 1. The van der Waals surface area contributed by atoms with Gasteiger partial charge in [-0.1, -0.05) is 19.1 Å². The molecule has 8 nitrogen and oxygen atoms in total. The summed E-state index contributed by atoms with van der Waals surface area (Å²) >= 11 is 0. The maximum atomic E-state index is 13.0. The maximum absolute atomic E-state index is 13.0. The summed E-state index contributed by atoms with van der Waals surface area (Å²) in [6, 6.07) is 7.04. The van der Waals surface area contributed by atoms with Crippen LogP contribution >= 0.6 is 0 Å². The zero-order valence-electron chi connectivity index (χ0n) is 17.4. The van der Waals surface area contributed by atoms with E-state index in [-0.39, 0.29) is 24.1 Å². The fraction of sp³-hybridized carbons (Fsp3) is 0.381. The van der Waals surface area contributed by atoms with Crippen molar-refractivity contribution in [2.45, 2.75) is 27.2 Å². The van der Waals surface area contributed by atoms with Gasteiger partial charge in [0.05, 0.1) is 25.5 Å². The number of carbonyl (C=O) groups is 3. The van der Waals surface area contributed by atoms with Gasteiger partial charge in [-0.25, -0.2) is 4.79 Å². The highest BCUT2D eigenvalue weighted by molar-refractivity contribution is 6.02. The van der Waals surface area contributed by atoms with E-state index in [2.05, 4.69) is 10.3 Å². The smallest absolute Gasteiger partial charge is 0.339 e. The molecular weight excluding hydrogens is 374 g/mol. The molecule has 2 rings (SSSR count). The molecule has 0 saturated carbocycles. The van der Waals surface area contributed by atoms with E-state index in [1.807, 2.05) is 6.92 Å². The first-order chi connectivity index (χ1) is 13.9. The predicted molar refractivity (Wildman–Crippen MR) is 109 cm³/mol. The number of esters is 1. The van der Waals surface area contributed by atoms with Gasteiger partial charge in [0.1, 0.15) is 18.0 Å².